The molecule has 0 saturated carbocycles. The number of hydrogen-bond acceptors (Lipinski definition) is 4. The standard InChI is InChI=1S/C13H19BN2O3/c1-15(2)13(17)12-7-9-4-5-11(14(18)19)6-10(9)8-16(12)3/h4-6,12,18-19H,7-8H2,1-3H3. The molecule has 19 heavy (non-hydrogen) atoms. The molecule has 102 valence electrons. The van der Waals surface area contributed by atoms with Gasteiger partial charge in [-0.25, -0.2) is 0 Å². The summed E-state index contributed by atoms with van der Waals surface area (Å²) in [5, 5.41) is 18.4. The number of amides is 1. The van der Waals surface area contributed by atoms with Crippen LogP contribution in [0.4, 0.5) is 0 Å². The highest BCUT2D eigenvalue weighted by Gasteiger charge is 2.30. The third kappa shape index (κ3) is 2.81. The second kappa shape index (κ2) is 5.32. The lowest BCUT2D eigenvalue weighted by Gasteiger charge is -2.34. The molecule has 0 radical (unpaired) electrons. The highest BCUT2D eigenvalue weighted by molar-refractivity contribution is 6.58. The molecule has 5 nitrogen and oxygen atoms in total. The summed E-state index contributed by atoms with van der Waals surface area (Å²) in [7, 11) is 3.99. The summed E-state index contributed by atoms with van der Waals surface area (Å²) in [6.07, 6.45) is 0.657. The van der Waals surface area contributed by atoms with Gasteiger partial charge in [0.25, 0.3) is 0 Å². The minimum Gasteiger partial charge on any atom is -0.423 e. The summed E-state index contributed by atoms with van der Waals surface area (Å²) in [6.45, 7) is 0.639. The summed E-state index contributed by atoms with van der Waals surface area (Å²) in [5.41, 5.74) is 2.64. The minimum absolute atomic E-state index is 0.0967. The number of benzene rings is 1. The van der Waals surface area contributed by atoms with E-state index >= 15 is 0 Å². The second-order valence-corrected chi connectivity index (χ2v) is 5.27. The zero-order chi connectivity index (χ0) is 14.2. The van der Waals surface area contributed by atoms with Crippen LogP contribution in [0.15, 0.2) is 18.2 Å². The van der Waals surface area contributed by atoms with Crippen molar-refractivity contribution in [1.82, 2.24) is 9.80 Å². The average molecular weight is 262 g/mol. The first-order chi connectivity index (χ1) is 8.90. The summed E-state index contributed by atoms with van der Waals surface area (Å²) in [5.74, 6) is 0.0967. The van der Waals surface area contributed by atoms with Crippen molar-refractivity contribution in [1.29, 1.82) is 0 Å². The predicted molar refractivity (Wildman–Crippen MR) is 73.9 cm³/mol. The Balaban J connectivity index is 2.27. The molecule has 0 aromatic heterocycles. The Morgan fingerprint density at radius 2 is 2.05 bits per heavy atom. The van der Waals surface area contributed by atoms with Gasteiger partial charge in [-0.3, -0.25) is 9.69 Å². The molecule has 1 heterocycles. The number of fused-ring (bicyclic) bond motifs is 1. The third-order valence-electron chi connectivity index (χ3n) is 3.62. The summed E-state index contributed by atoms with van der Waals surface area (Å²) in [4.78, 5) is 15.7. The Morgan fingerprint density at radius 1 is 1.37 bits per heavy atom. The second-order valence-electron chi connectivity index (χ2n) is 5.27. The van der Waals surface area contributed by atoms with Crippen LogP contribution in [0.2, 0.25) is 0 Å². The fourth-order valence-electron chi connectivity index (χ4n) is 2.47. The molecule has 0 saturated heterocycles. The molecule has 0 fully saturated rings. The van der Waals surface area contributed by atoms with Gasteiger partial charge in [0, 0.05) is 20.6 Å². The number of likely N-dealkylation sites (N-methyl/N-ethyl adjacent to an activating group) is 2. The van der Waals surface area contributed by atoms with Crippen LogP contribution in [-0.4, -0.2) is 60.1 Å². The van der Waals surface area contributed by atoms with E-state index in [2.05, 4.69) is 0 Å². The van der Waals surface area contributed by atoms with Crippen molar-refractivity contribution in [2.45, 2.75) is 19.0 Å². The molecule has 1 aromatic carbocycles. The van der Waals surface area contributed by atoms with Gasteiger partial charge in [0.2, 0.25) is 5.91 Å². The number of rotatable bonds is 2. The third-order valence-corrected chi connectivity index (χ3v) is 3.62. The molecule has 0 aliphatic carbocycles. The van der Waals surface area contributed by atoms with Crippen molar-refractivity contribution in [2.75, 3.05) is 21.1 Å². The van der Waals surface area contributed by atoms with Crippen molar-refractivity contribution < 1.29 is 14.8 Å². The van der Waals surface area contributed by atoms with Crippen LogP contribution >= 0.6 is 0 Å². The lowest BCUT2D eigenvalue weighted by molar-refractivity contribution is -0.134. The number of nitrogens with zero attached hydrogens (tertiary/aromatic N) is 2. The molecular formula is C13H19BN2O3. The Morgan fingerprint density at radius 3 is 2.63 bits per heavy atom. The van der Waals surface area contributed by atoms with Crippen LogP contribution in [0.3, 0.4) is 0 Å². The van der Waals surface area contributed by atoms with Gasteiger partial charge >= 0.3 is 7.12 Å². The maximum absolute atomic E-state index is 12.1. The fraction of sp³-hybridized carbons (Fsp3) is 0.462. The molecule has 0 bridgehead atoms. The number of hydrogen-bond donors (Lipinski definition) is 2. The van der Waals surface area contributed by atoms with Gasteiger partial charge in [0.05, 0.1) is 6.04 Å². The molecule has 1 aliphatic rings. The van der Waals surface area contributed by atoms with Gasteiger partial charge < -0.3 is 14.9 Å². The normalized spacial score (nSPS) is 18.9. The highest BCUT2D eigenvalue weighted by Crippen LogP contribution is 2.22. The zero-order valence-electron chi connectivity index (χ0n) is 11.5. The minimum atomic E-state index is -1.45. The van der Waals surface area contributed by atoms with E-state index in [9.17, 15) is 14.8 Å². The van der Waals surface area contributed by atoms with Crippen molar-refractivity contribution >= 4 is 18.5 Å². The van der Waals surface area contributed by atoms with Gasteiger partial charge in [-0.1, -0.05) is 18.2 Å². The molecule has 0 spiro atoms. The van der Waals surface area contributed by atoms with Crippen LogP contribution in [0, 0.1) is 0 Å². The number of carbonyl (C=O) groups excluding carboxylic acids is 1. The first-order valence-corrected chi connectivity index (χ1v) is 6.29. The summed E-state index contributed by atoms with van der Waals surface area (Å²) >= 11 is 0. The average Bonchev–Trinajstić information content (AvgIpc) is 2.36. The molecule has 6 heteroatoms. The largest absolute Gasteiger partial charge is 0.488 e. The molecule has 1 atom stereocenters. The lowest BCUT2D eigenvalue weighted by atomic mass is 9.77. The van der Waals surface area contributed by atoms with E-state index in [1.807, 2.05) is 18.0 Å². The first kappa shape index (κ1) is 14.1. The van der Waals surface area contributed by atoms with Gasteiger partial charge in [-0.15, -0.1) is 0 Å². The maximum atomic E-state index is 12.1. The van der Waals surface area contributed by atoms with Crippen molar-refractivity contribution in [3.8, 4) is 0 Å². The van der Waals surface area contributed by atoms with Gasteiger partial charge in [0.1, 0.15) is 0 Å². The van der Waals surface area contributed by atoms with Crippen LogP contribution in [0.1, 0.15) is 11.1 Å². The van der Waals surface area contributed by atoms with Crippen molar-refractivity contribution in [3.63, 3.8) is 0 Å². The van der Waals surface area contributed by atoms with E-state index in [-0.39, 0.29) is 11.9 Å². The monoisotopic (exact) mass is 262 g/mol. The summed E-state index contributed by atoms with van der Waals surface area (Å²) < 4.78 is 0. The molecule has 1 aliphatic heterocycles. The van der Waals surface area contributed by atoms with Crippen LogP contribution < -0.4 is 5.46 Å². The summed E-state index contributed by atoms with van der Waals surface area (Å²) in [6, 6.07) is 5.23. The smallest absolute Gasteiger partial charge is 0.423 e. The molecule has 1 unspecified atom stereocenters. The Labute approximate surface area is 113 Å². The van der Waals surface area contributed by atoms with Gasteiger partial charge in [-0.05, 0) is 30.1 Å². The molecule has 1 amide bonds. The topological polar surface area (TPSA) is 64.0 Å². The molecule has 1 aromatic rings. The SMILES string of the molecule is CN(C)C(=O)C1Cc2ccc(B(O)O)cc2CN1C. The van der Waals surface area contributed by atoms with E-state index in [1.54, 1.807) is 31.1 Å². The molecule has 2 rings (SSSR count). The predicted octanol–water partition coefficient (Wildman–Crippen LogP) is -1.19. The lowest BCUT2D eigenvalue weighted by Crippen LogP contribution is -2.48. The van der Waals surface area contributed by atoms with E-state index in [4.69, 9.17) is 0 Å². The Bertz CT molecular complexity index is 491. The van der Waals surface area contributed by atoms with Crippen molar-refractivity contribution in [2.24, 2.45) is 0 Å². The van der Waals surface area contributed by atoms with E-state index in [0.29, 0.717) is 18.4 Å². The van der Waals surface area contributed by atoms with E-state index in [1.165, 1.54) is 0 Å². The number of carbonyl (C=O) groups is 1. The quantitative estimate of drug-likeness (QED) is 0.658. The van der Waals surface area contributed by atoms with E-state index in [0.717, 1.165) is 11.1 Å². The maximum Gasteiger partial charge on any atom is 0.488 e. The van der Waals surface area contributed by atoms with Gasteiger partial charge in [0.15, 0.2) is 0 Å². The van der Waals surface area contributed by atoms with Crippen LogP contribution in [0.25, 0.3) is 0 Å². The first-order valence-electron chi connectivity index (χ1n) is 6.29. The Kier molecular flexibility index (Phi) is 3.94. The highest BCUT2D eigenvalue weighted by atomic mass is 16.4. The zero-order valence-corrected chi connectivity index (χ0v) is 11.5. The van der Waals surface area contributed by atoms with Crippen molar-refractivity contribution in [3.05, 3.63) is 29.3 Å². The van der Waals surface area contributed by atoms with Crippen LogP contribution in [-0.2, 0) is 17.8 Å². The fourth-order valence-corrected chi connectivity index (χ4v) is 2.47. The van der Waals surface area contributed by atoms with E-state index < -0.39 is 7.12 Å². The van der Waals surface area contributed by atoms with Gasteiger partial charge in [-0.2, -0.15) is 0 Å². The molecular weight excluding hydrogens is 243 g/mol. The van der Waals surface area contributed by atoms with Crippen LogP contribution in [0.5, 0.6) is 0 Å². The Hall–Kier alpha value is -1.37. The molecule has 2 N–H and O–H groups in total.